The van der Waals surface area contributed by atoms with Gasteiger partial charge in [-0.05, 0) is 37.1 Å². The van der Waals surface area contributed by atoms with Crippen LogP contribution in [0.4, 0.5) is 8.78 Å². The van der Waals surface area contributed by atoms with Crippen molar-refractivity contribution in [1.29, 1.82) is 0 Å². The van der Waals surface area contributed by atoms with Gasteiger partial charge < -0.3 is 10.0 Å². The number of hydrogen-bond acceptors (Lipinski definition) is 2. The van der Waals surface area contributed by atoms with E-state index in [-0.39, 0.29) is 18.5 Å². The van der Waals surface area contributed by atoms with Gasteiger partial charge in [-0.3, -0.25) is 9.59 Å². The second-order valence-electron chi connectivity index (χ2n) is 4.47. The van der Waals surface area contributed by atoms with Crippen LogP contribution in [0.1, 0.15) is 23.2 Å². The summed E-state index contributed by atoms with van der Waals surface area (Å²) in [5.74, 6) is -3.55. The van der Waals surface area contributed by atoms with Gasteiger partial charge in [0, 0.05) is 12.1 Å². The fourth-order valence-electron chi connectivity index (χ4n) is 2.17. The SMILES string of the molecule is O=C(O)C1CCCN(C(=O)c2ccc(F)cc2)C1F. The molecule has 0 aliphatic carbocycles. The third-order valence-corrected chi connectivity index (χ3v) is 3.21. The number of carboxylic acid groups (broad SMARTS) is 1. The molecule has 1 aliphatic rings. The standard InChI is InChI=1S/C13H13F2NO3/c14-9-5-3-8(4-6-9)12(17)16-7-1-2-10(11(16)15)13(18)19/h3-6,10-11H,1-2,7H2,(H,18,19). The maximum absolute atomic E-state index is 14.0. The van der Waals surface area contributed by atoms with E-state index in [0.29, 0.717) is 6.42 Å². The molecule has 1 fully saturated rings. The molecule has 1 aromatic carbocycles. The van der Waals surface area contributed by atoms with E-state index in [1.807, 2.05) is 0 Å². The van der Waals surface area contributed by atoms with Crippen LogP contribution in [-0.4, -0.2) is 34.7 Å². The van der Waals surface area contributed by atoms with E-state index in [9.17, 15) is 18.4 Å². The van der Waals surface area contributed by atoms with Crippen molar-refractivity contribution >= 4 is 11.9 Å². The summed E-state index contributed by atoms with van der Waals surface area (Å²) in [7, 11) is 0. The second kappa shape index (κ2) is 5.34. The number of halogens is 2. The fraction of sp³-hybridized carbons (Fsp3) is 0.385. The van der Waals surface area contributed by atoms with Gasteiger partial charge in [-0.2, -0.15) is 0 Å². The molecule has 19 heavy (non-hydrogen) atoms. The first kappa shape index (κ1) is 13.5. The number of alkyl halides is 1. The fourth-order valence-corrected chi connectivity index (χ4v) is 2.17. The molecule has 0 spiro atoms. The molecular formula is C13H13F2NO3. The van der Waals surface area contributed by atoms with Gasteiger partial charge in [0.25, 0.3) is 5.91 Å². The smallest absolute Gasteiger partial charge is 0.311 e. The zero-order valence-electron chi connectivity index (χ0n) is 10.1. The Morgan fingerprint density at radius 1 is 1.26 bits per heavy atom. The van der Waals surface area contributed by atoms with Crippen LogP contribution in [0.25, 0.3) is 0 Å². The molecule has 1 heterocycles. The Balaban J connectivity index is 2.18. The zero-order chi connectivity index (χ0) is 14.0. The van der Waals surface area contributed by atoms with Gasteiger partial charge in [-0.1, -0.05) is 0 Å². The van der Waals surface area contributed by atoms with E-state index in [4.69, 9.17) is 5.11 Å². The van der Waals surface area contributed by atoms with Gasteiger partial charge in [0.05, 0.1) is 0 Å². The molecule has 0 radical (unpaired) electrons. The molecular weight excluding hydrogens is 256 g/mol. The second-order valence-corrected chi connectivity index (χ2v) is 4.47. The lowest BCUT2D eigenvalue weighted by Crippen LogP contribution is -2.48. The van der Waals surface area contributed by atoms with E-state index in [1.54, 1.807) is 0 Å². The van der Waals surface area contributed by atoms with Crippen LogP contribution in [0.2, 0.25) is 0 Å². The lowest BCUT2D eigenvalue weighted by Gasteiger charge is -2.34. The van der Waals surface area contributed by atoms with Crippen LogP contribution in [0.5, 0.6) is 0 Å². The molecule has 2 rings (SSSR count). The molecule has 2 atom stereocenters. The highest BCUT2D eigenvalue weighted by Gasteiger charge is 2.38. The van der Waals surface area contributed by atoms with Gasteiger partial charge in [0.15, 0.2) is 6.30 Å². The molecule has 1 saturated heterocycles. The minimum atomic E-state index is -1.84. The molecule has 2 unspecified atom stereocenters. The van der Waals surface area contributed by atoms with Crippen molar-refractivity contribution in [1.82, 2.24) is 4.90 Å². The van der Waals surface area contributed by atoms with E-state index in [0.717, 1.165) is 17.0 Å². The third-order valence-electron chi connectivity index (χ3n) is 3.21. The Kier molecular flexibility index (Phi) is 3.78. The van der Waals surface area contributed by atoms with Crippen LogP contribution in [0.15, 0.2) is 24.3 Å². The molecule has 0 saturated carbocycles. The van der Waals surface area contributed by atoms with Gasteiger partial charge in [-0.15, -0.1) is 0 Å². The summed E-state index contributed by atoms with van der Waals surface area (Å²) in [5.41, 5.74) is 0.148. The molecule has 1 N–H and O–H groups in total. The summed E-state index contributed by atoms with van der Waals surface area (Å²) in [4.78, 5) is 23.8. The minimum Gasteiger partial charge on any atom is -0.481 e. The number of carboxylic acids is 1. The largest absolute Gasteiger partial charge is 0.481 e. The molecule has 1 amide bonds. The quantitative estimate of drug-likeness (QED) is 0.836. The first-order valence-electron chi connectivity index (χ1n) is 5.94. The number of likely N-dealkylation sites (tertiary alicyclic amines) is 1. The zero-order valence-corrected chi connectivity index (χ0v) is 10.1. The summed E-state index contributed by atoms with van der Waals surface area (Å²) < 4.78 is 26.8. The average molecular weight is 269 g/mol. The summed E-state index contributed by atoms with van der Waals surface area (Å²) in [6.07, 6.45) is -1.20. The third kappa shape index (κ3) is 2.72. The van der Waals surface area contributed by atoms with Crippen molar-refractivity contribution in [2.45, 2.75) is 19.1 Å². The highest BCUT2D eigenvalue weighted by Crippen LogP contribution is 2.26. The monoisotopic (exact) mass is 269 g/mol. The van der Waals surface area contributed by atoms with Gasteiger partial charge in [-0.25, -0.2) is 8.78 Å². The van der Waals surface area contributed by atoms with E-state index < -0.39 is 29.9 Å². The van der Waals surface area contributed by atoms with Crippen molar-refractivity contribution in [2.75, 3.05) is 6.54 Å². The first-order chi connectivity index (χ1) is 9.00. The van der Waals surface area contributed by atoms with Gasteiger partial charge >= 0.3 is 5.97 Å². The molecule has 102 valence electrons. The molecule has 0 aromatic heterocycles. The van der Waals surface area contributed by atoms with Crippen molar-refractivity contribution in [2.24, 2.45) is 5.92 Å². The van der Waals surface area contributed by atoms with Gasteiger partial charge in [0.1, 0.15) is 11.7 Å². The number of hydrogen-bond donors (Lipinski definition) is 1. The number of nitrogens with zero attached hydrogens (tertiary/aromatic N) is 1. The van der Waals surface area contributed by atoms with Gasteiger partial charge in [0.2, 0.25) is 0 Å². The predicted molar refractivity (Wildman–Crippen MR) is 62.7 cm³/mol. The Hall–Kier alpha value is -1.98. The maximum atomic E-state index is 14.0. The van der Waals surface area contributed by atoms with Crippen LogP contribution in [0.3, 0.4) is 0 Å². The molecule has 1 aromatic rings. The first-order valence-corrected chi connectivity index (χ1v) is 5.94. The highest BCUT2D eigenvalue weighted by molar-refractivity contribution is 5.94. The lowest BCUT2D eigenvalue weighted by molar-refractivity contribution is -0.148. The van der Waals surface area contributed by atoms with Crippen LogP contribution in [-0.2, 0) is 4.79 Å². The van der Waals surface area contributed by atoms with Crippen molar-refractivity contribution in [3.8, 4) is 0 Å². The number of rotatable bonds is 2. The predicted octanol–water partition coefficient (Wildman–Crippen LogP) is 2.06. The Labute approximate surface area is 108 Å². The number of aliphatic carboxylic acids is 1. The van der Waals surface area contributed by atoms with Crippen molar-refractivity contribution in [3.05, 3.63) is 35.6 Å². The van der Waals surface area contributed by atoms with Crippen molar-refractivity contribution in [3.63, 3.8) is 0 Å². The number of carbonyl (C=O) groups is 2. The Bertz CT molecular complexity index is 489. The minimum absolute atomic E-state index is 0.148. The number of benzene rings is 1. The molecule has 1 aliphatic heterocycles. The van der Waals surface area contributed by atoms with Crippen molar-refractivity contribution < 1.29 is 23.5 Å². The average Bonchev–Trinajstić information content (AvgIpc) is 2.38. The summed E-state index contributed by atoms with van der Waals surface area (Å²) in [5, 5.41) is 8.89. The van der Waals surface area contributed by atoms with Crippen LogP contribution in [0, 0.1) is 11.7 Å². The normalized spacial score (nSPS) is 23.2. The van der Waals surface area contributed by atoms with Crippen LogP contribution >= 0.6 is 0 Å². The topological polar surface area (TPSA) is 57.6 Å². The Morgan fingerprint density at radius 2 is 1.89 bits per heavy atom. The number of carbonyl (C=O) groups excluding carboxylic acids is 1. The molecule has 6 heteroatoms. The summed E-state index contributed by atoms with van der Waals surface area (Å²) in [6, 6.07) is 4.74. The maximum Gasteiger partial charge on any atom is 0.311 e. The highest BCUT2D eigenvalue weighted by atomic mass is 19.1. The van der Waals surface area contributed by atoms with E-state index >= 15 is 0 Å². The number of piperidine rings is 1. The summed E-state index contributed by atoms with van der Waals surface area (Å²) in [6.45, 7) is 0.168. The van der Waals surface area contributed by atoms with Crippen LogP contribution < -0.4 is 0 Å². The molecule has 0 bridgehead atoms. The summed E-state index contributed by atoms with van der Waals surface area (Å²) >= 11 is 0. The van der Waals surface area contributed by atoms with E-state index in [1.165, 1.54) is 12.1 Å². The van der Waals surface area contributed by atoms with E-state index in [2.05, 4.69) is 0 Å². The lowest BCUT2D eigenvalue weighted by atomic mass is 9.96. The number of amides is 1. The molecule has 4 nitrogen and oxygen atoms in total. The Morgan fingerprint density at radius 3 is 2.47 bits per heavy atom.